The molecule has 6 heteroatoms. The number of hydrogen-bond acceptors (Lipinski definition) is 4. The van der Waals surface area contributed by atoms with Crippen LogP contribution < -0.4 is 5.32 Å². The topological polar surface area (TPSA) is 58.0 Å². The van der Waals surface area contributed by atoms with E-state index in [1.807, 2.05) is 15.9 Å². The maximum absolute atomic E-state index is 4.42. The highest BCUT2D eigenvalue weighted by atomic mass is 32.1. The lowest BCUT2D eigenvalue weighted by atomic mass is 9.90. The van der Waals surface area contributed by atoms with Crippen LogP contribution in [0.2, 0.25) is 0 Å². The van der Waals surface area contributed by atoms with Crippen molar-refractivity contribution in [2.24, 2.45) is 0 Å². The molecule has 1 saturated heterocycles. The summed E-state index contributed by atoms with van der Waals surface area (Å²) in [6.07, 6.45) is 6.26. The predicted octanol–water partition coefficient (Wildman–Crippen LogP) is 5.45. The molecule has 0 bridgehead atoms. The van der Waals surface area contributed by atoms with Crippen molar-refractivity contribution in [1.29, 1.82) is 0 Å². The number of rotatable bonds is 3. The lowest BCUT2D eigenvalue weighted by Gasteiger charge is -2.22. The Kier molecular flexibility index (Phi) is 4.51. The molecule has 1 aliphatic rings. The van der Waals surface area contributed by atoms with Crippen molar-refractivity contribution >= 4 is 27.2 Å². The van der Waals surface area contributed by atoms with Crippen LogP contribution in [0.5, 0.6) is 0 Å². The minimum atomic E-state index is 0.444. The monoisotopic (exact) mass is 407 g/mol. The van der Waals surface area contributed by atoms with Gasteiger partial charge < -0.3 is 10.3 Å². The molecule has 0 spiro atoms. The highest BCUT2D eigenvalue weighted by molar-refractivity contribution is 7.19. The smallest absolute Gasteiger partial charge is 0.158 e. The van der Waals surface area contributed by atoms with Crippen molar-refractivity contribution in [3.05, 3.63) is 39.7 Å². The van der Waals surface area contributed by atoms with Gasteiger partial charge in [-0.15, -0.1) is 11.3 Å². The van der Waals surface area contributed by atoms with E-state index in [2.05, 4.69) is 61.2 Å². The maximum atomic E-state index is 4.42. The predicted molar refractivity (Wildman–Crippen MR) is 121 cm³/mol. The second kappa shape index (κ2) is 6.96. The fourth-order valence-corrected chi connectivity index (χ4v) is 6.36. The van der Waals surface area contributed by atoms with Gasteiger partial charge in [0.2, 0.25) is 0 Å². The fraction of sp³-hybridized carbons (Fsp3) is 0.478. The molecule has 5 nitrogen and oxygen atoms in total. The SMILES string of the molecule is Cc1c(-c2[nH]c3sc(C4CCNCC4)c(C)c3c2C(C)C)cn2ncnc2c1C. The third-order valence-corrected chi connectivity index (χ3v) is 8.01. The molecule has 0 radical (unpaired) electrons. The zero-order valence-electron chi connectivity index (χ0n) is 17.9. The van der Waals surface area contributed by atoms with Gasteiger partial charge in [-0.1, -0.05) is 13.8 Å². The van der Waals surface area contributed by atoms with Crippen molar-refractivity contribution in [2.75, 3.05) is 13.1 Å². The number of aryl methyl sites for hydroxylation is 2. The average molecular weight is 408 g/mol. The number of aromatic amines is 1. The van der Waals surface area contributed by atoms with Crippen LogP contribution in [0.4, 0.5) is 0 Å². The first-order valence-electron chi connectivity index (χ1n) is 10.6. The first-order valence-corrected chi connectivity index (χ1v) is 11.4. The minimum absolute atomic E-state index is 0.444. The Labute approximate surface area is 175 Å². The van der Waals surface area contributed by atoms with E-state index in [0.717, 1.165) is 18.7 Å². The number of nitrogens with one attached hydrogen (secondary N) is 2. The second-order valence-electron chi connectivity index (χ2n) is 8.71. The number of piperidine rings is 1. The van der Waals surface area contributed by atoms with Crippen LogP contribution in [0.1, 0.15) is 65.7 Å². The summed E-state index contributed by atoms with van der Waals surface area (Å²) in [6.45, 7) is 13.6. The van der Waals surface area contributed by atoms with Crippen LogP contribution in [-0.4, -0.2) is 32.7 Å². The molecule has 5 heterocycles. The molecule has 0 aromatic carbocycles. The molecular formula is C23H29N5S. The summed E-state index contributed by atoms with van der Waals surface area (Å²) in [7, 11) is 0. The van der Waals surface area contributed by atoms with E-state index < -0.39 is 0 Å². The van der Waals surface area contributed by atoms with Crippen molar-refractivity contribution in [1.82, 2.24) is 24.9 Å². The Morgan fingerprint density at radius 3 is 2.59 bits per heavy atom. The summed E-state index contributed by atoms with van der Waals surface area (Å²) in [4.78, 5) is 11.2. The molecular weight excluding hydrogens is 378 g/mol. The third-order valence-electron chi connectivity index (χ3n) is 6.64. The van der Waals surface area contributed by atoms with Gasteiger partial charge in [0.25, 0.3) is 0 Å². The number of fused-ring (bicyclic) bond motifs is 2. The van der Waals surface area contributed by atoms with Gasteiger partial charge in [-0.05, 0) is 80.8 Å². The summed E-state index contributed by atoms with van der Waals surface area (Å²) >= 11 is 1.97. The first-order chi connectivity index (χ1) is 14.0. The van der Waals surface area contributed by atoms with Gasteiger partial charge >= 0.3 is 0 Å². The zero-order valence-corrected chi connectivity index (χ0v) is 18.7. The summed E-state index contributed by atoms with van der Waals surface area (Å²) in [5.41, 5.74) is 8.82. The molecule has 0 unspecified atom stereocenters. The molecule has 1 fully saturated rings. The van der Waals surface area contributed by atoms with Crippen molar-refractivity contribution in [3.8, 4) is 11.3 Å². The Bertz CT molecular complexity index is 1200. The summed E-state index contributed by atoms with van der Waals surface area (Å²) in [5, 5.41) is 9.35. The normalized spacial score (nSPS) is 15.9. The number of thiophene rings is 1. The van der Waals surface area contributed by atoms with Crippen molar-refractivity contribution in [3.63, 3.8) is 0 Å². The largest absolute Gasteiger partial charge is 0.346 e. The Balaban J connectivity index is 1.73. The molecule has 5 rings (SSSR count). The Morgan fingerprint density at radius 1 is 1.10 bits per heavy atom. The molecule has 0 saturated carbocycles. The van der Waals surface area contributed by atoms with Crippen LogP contribution in [0, 0.1) is 20.8 Å². The molecule has 0 aliphatic carbocycles. The van der Waals surface area contributed by atoms with Crippen LogP contribution in [0.3, 0.4) is 0 Å². The quantitative estimate of drug-likeness (QED) is 0.474. The van der Waals surface area contributed by atoms with E-state index in [0.29, 0.717) is 11.8 Å². The molecule has 1 aliphatic heterocycles. The Morgan fingerprint density at radius 2 is 1.86 bits per heavy atom. The molecule has 29 heavy (non-hydrogen) atoms. The van der Waals surface area contributed by atoms with Gasteiger partial charge in [-0.25, -0.2) is 9.50 Å². The first kappa shape index (κ1) is 18.8. The van der Waals surface area contributed by atoms with Crippen molar-refractivity contribution in [2.45, 2.75) is 59.3 Å². The lowest BCUT2D eigenvalue weighted by molar-refractivity contribution is 0.464. The van der Waals surface area contributed by atoms with E-state index in [9.17, 15) is 0 Å². The van der Waals surface area contributed by atoms with Crippen LogP contribution in [0.25, 0.3) is 27.1 Å². The number of hydrogen-bond donors (Lipinski definition) is 2. The number of nitrogens with zero attached hydrogens (tertiary/aromatic N) is 3. The van der Waals surface area contributed by atoms with E-state index in [1.54, 1.807) is 11.2 Å². The molecule has 4 aromatic heterocycles. The molecule has 4 aromatic rings. The molecule has 0 atom stereocenters. The zero-order chi connectivity index (χ0) is 20.3. The number of aromatic nitrogens is 4. The van der Waals surface area contributed by atoms with Crippen LogP contribution in [-0.2, 0) is 0 Å². The van der Waals surface area contributed by atoms with E-state index in [1.165, 1.54) is 56.6 Å². The third kappa shape index (κ3) is 2.84. The molecule has 0 amide bonds. The van der Waals surface area contributed by atoms with E-state index in [-0.39, 0.29) is 0 Å². The van der Waals surface area contributed by atoms with Crippen LogP contribution >= 0.6 is 11.3 Å². The summed E-state index contributed by atoms with van der Waals surface area (Å²) in [5.74, 6) is 1.14. The minimum Gasteiger partial charge on any atom is -0.346 e. The standard InChI is InChI=1S/C23H29N5S/c1-12(2)18-19-15(5)21(16-6-8-24-9-7-16)29-23(19)27-20(18)17-10-28-22(25-11-26-28)14(4)13(17)3/h10-12,16,24,27H,6-9H2,1-5H3. The van der Waals surface area contributed by atoms with E-state index in [4.69, 9.17) is 0 Å². The summed E-state index contributed by atoms with van der Waals surface area (Å²) in [6, 6.07) is 0. The van der Waals surface area contributed by atoms with Crippen LogP contribution in [0.15, 0.2) is 12.5 Å². The van der Waals surface area contributed by atoms with Gasteiger partial charge in [0, 0.05) is 22.0 Å². The fourth-order valence-electron chi connectivity index (χ4n) is 4.97. The lowest BCUT2D eigenvalue weighted by Crippen LogP contribution is -2.26. The number of H-pyrrole nitrogens is 1. The highest BCUT2D eigenvalue weighted by Gasteiger charge is 2.26. The van der Waals surface area contributed by atoms with Gasteiger partial charge in [-0.3, -0.25) is 0 Å². The van der Waals surface area contributed by atoms with Crippen molar-refractivity contribution < 1.29 is 0 Å². The number of pyridine rings is 1. The Hall–Kier alpha value is -2.18. The second-order valence-corrected chi connectivity index (χ2v) is 9.76. The summed E-state index contributed by atoms with van der Waals surface area (Å²) < 4.78 is 1.91. The highest BCUT2D eigenvalue weighted by Crippen LogP contribution is 2.46. The maximum Gasteiger partial charge on any atom is 0.158 e. The van der Waals surface area contributed by atoms with Gasteiger partial charge in [-0.2, -0.15) is 5.10 Å². The van der Waals surface area contributed by atoms with Gasteiger partial charge in [0.05, 0.1) is 5.69 Å². The molecule has 152 valence electrons. The van der Waals surface area contributed by atoms with Gasteiger partial charge in [0.15, 0.2) is 5.65 Å². The van der Waals surface area contributed by atoms with E-state index >= 15 is 0 Å². The average Bonchev–Trinajstić information content (AvgIpc) is 3.40. The van der Waals surface area contributed by atoms with Gasteiger partial charge in [0.1, 0.15) is 11.2 Å². The molecule has 2 N–H and O–H groups in total.